The molecule has 156 valence electrons. The van der Waals surface area contributed by atoms with Gasteiger partial charge in [-0.15, -0.1) is 0 Å². The normalized spacial score (nSPS) is 12.4. The summed E-state index contributed by atoms with van der Waals surface area (Å²) in [5.74, 6) is -0.834. The van der Waals surface area contributed by atoms with Gasteiger partial charge in [-0.25, -0.2) is 9.97 Å². The number of nitrogens with one attached hydrogen (secondary N) is 2. The second-order valence-electron chi connectivity index (χ2n) is 6.58. The van der Waals surface area contributed by atoms with E-state index in [1.54, 1.807) is 32.9 Å². The summed E-state index contributed by atoms with van der Waals surface area (Å²) in [5, 5.41) is 5.33. The van der Waals surface area contributed by atoms with E-state index in [0.29, 0.717) is 5.56 Å². The quantitative estimate of drug-likeness (QED) is 0.729. The SMILES string of the molecule is CC(C)C(=O)Nc1cccc(C(=O)NC(C)c2ccc(OCC(F)(F)F)nc2)n1. The maximum atomic E-state index is 12.4. The van der Waals surface area contributed by atoms with Crippen LogP contribution in [-0.2, 0) is 4.79 Å². The lowest BCUT2D eigenvalue weighted by Crippen LogP contribution is -2.28. The van der Waals surface area contributed by atoms with Crippen molar-refractivity contribution < 1.29 is 27.5 Å². The van der Waals surface area contributed by atoms with E-state index in [4.69, 9.17) is 0 Å². The maximum Gasteiger partial charge on any atom is 0.422 e. The average molecular weight is 410 g/mol. The Morgan fingerprint density at radius 1 is 1.14 bits per heavy atom. The van der Waals surface area contributed by atoms with Crippen LogP contribution in [0.4, 0.5) is 19.0 Å². The molecule has 2 aromatic rings. The maximum absolute atomic E-state index is 12.4. The van der Waals surface area contributed by atoms with Crippen molar-refractivity contribution in [2.24, 2.45) is 5.92 Å². The first-order valence-electron chi connectivity index (χ1n) is 8.79. The van der Waals surface area contributed by atoms with Crippen LogP contribution >= 0.6 is 0 Å². The van der Waals surface area contributed by atoms with Crippen molar-refractivity contribution in [2.75, 3.05) is 11.9 Å². The van der Waals surface area contributed by atoms with Gasteiger partial charge in [0.2, 0.25) is 11.8 Å². The average Bonchev–Trinajstić information content (AvgIpc) is 2.66. The number of carbonyl (C=O) groups is 2. The Kier molecular flexibility index (Phi) is 7.13. The number of hydrogen-bond donors (Lipinski definition) is 2. The number of alkyl halides is 3. The van der Waals surface area contributed by atoms with Crippen molar-refractivity contribution >= 4 is 17.6 Å². The van der Waals surface area contributed by atoms with E-state index in [0.717, 1.165) is 0 Å². The molecule has 0 spiro atoms. The van der Waals surface area contributed by atoms with Gasteiger partial charge in [-0.3, -0.25) is 9.59 Å². The van der Waals surface area contributed by atoms with Gasteiger partial charge in [-0.1, -0.05) is 26.0 Å². The van der Waals surface area contributed by atoms with Crippen LogP contribution in [-0.4, -0.2) is 34.6 Å². The van der Waals surface area contributed by atoms with E-state index in [-0.39, 0.29) is 29.2 Å². The molecule has 1 atom stereocenters. The fourth-order valence-electron chi connectivity index (χ4n) is 2.14. The lowest BCUT2D eigenvalue weighted by Gasteiger charge is -2.15. The molecule has 0 aliphatic carbocycles. The molecule has 2 N–H and O–H groups in total. The molecule has 2 aromatic heterocycles. The van der Waals surface area contributed by atoms with E-state index in [9.17, 15) is 22.8 Å². The Morgan fingerprint density at radius 2 is 1.86 bits per heavy atom. The van der Waals surface area contributed by atoms with Crippen LogP contribution in [0.5, 0.6) is 5.88 Å². The number of pyridine rings is 2. The minimum absolute atomic E-state index is 0.108. The van der Waals surface area contributed by atoms with E-state index in [2.05, 4.69) is 25.3 Å². The number of aromatic nitrogens is 2. The molecular weight excluding hydrogens is 389 g/mol. The summed E-state index contributed by atoms with van der Waals surface area (Å²) in [6.07, 6.45) is -3.12. The highest BCUT2D eigenvalue weighted by atomic mass is 19.4. The molecule has 0 aliphatic rings. The molecule has 2 amide bonds. The van der Waals surface area contributed by atoms with Gasteiger partial charge in [-0.2, -0.15) is 13.2 Å². The van der Waals surface area contributed by atoms with Crippen molar-refractivity contribution in [1.29, 1.82) is 0 Å². The largest absolute Gasteiger partial charge is 0.468 e. The fraction of sp³-hybridized carbons (Fsp3) is 0.368. The lowest BCUT2D eigenvalue weighted by atomic mass is 10.1. The van der Waals surface area contributed by atoms with Crippen LogP contribution < -0.4 is 15.4 Å². The zero-order valence-corrected chi connectivity index (χ0v) is 16.1. The number of nitrogens with zero attached hydrogens (tertiary/aromatic N) is 2. The monoisotopic (exact) mass is 410 g/mol. The van der Waals surface area contributed by atoms with Crippen molar-refractivity contribution in [3.63, 3.8) is 0 Å². The molecule has 0 radical (unpaired) electrons. The molecule has 0 aliphatic heterocycles. The minimum Gasteiger partial charge on any atom is -0.468 e. The Bertz CT molecular complexity index is 855. The molecule has 1 unspecified atom stereocenters. The van der Waals surface area contributed by atoms with Crippen LogP contribution in [0.25, 0.3) is 0 Å². The molecule has 2 heterocycles. The summed E-state index contributed by atoms with van der Waals surface area (Å²) < 4.78 is 41.0. The molecule has 10 heteroatoms. The van der Waals surface area contributed by atoms with Gasteiger partial charge in [-0.05, 0) is 24.6 Å². The summed E-state index contributed by atoms with van der Waals surface area (Å²) in [5.41, 5.74) is 0.679. The highest BCUT2D eigenvalue weighted by Gasteiger charge is 2.28. The molecular formula is C19H21F3N4O3. The van der Waals surface area contributed by atoms with Crippen LogP contribution in [0.3, 0.4) is 0 Å². The second kappa shape index (κ2) is 9.35. The number of carbonyl (C=O) groups excluding carboxylic acids is 2. The molecule has 2 rings (SSSR count). The Hall–Kier alpha value is -3.17. The van der Waals surface area contributed by atoms with Gasteiger partial charge >= 0.3 is 6.18 Å². The Labute approximate surface area is 165 Å². The number of anilines is 1. The molecule has 29 heavy (non-hydrogen) atoms. The topological polar surface area (TPSA) is 93.2 Å². The first-order valence-corrected chi connectivity index (χ1v) is 8.79. The van der Waals surface area contributed by atoms with Crippen LogP contribution in [0.15, 0.2) is 36.5 Å². The lowest BCUT2D eigenvalue weighted by molar-refractivity contribution is -0.154. The first kappa shape index (κ1) is 22.1. The van der Waals surface area contributed by atoms with Gasteiger partial charge in [0.1, 0.15) is 11.5 Å². The highest BCUT2D eigenvalue weighted by molar-refractivity contribution is 5.94. The Balaban J connectivity index is 1.99. The summed E-state index contributed by atoms with van der Waals surface area (Å²) in [7, 11) is 0. The van der Waals surface area contributed by atoms with Crippen molar-refractivity contribution in [1.82, 2.24) is 15.3 Å². The van der Waals surface area contributed by atoms with Crippen molar-refractivity contribution in [2.45, 2.75) is 33.0 Å². The predicted molar refractivity (Wildman–Crippen MR) is 99.4 cm³/mol. The first-order chi connectivity index (χ1) is 13.5. The van der Waals surface area contributed by atoms with Crippen molar-refractivity contribution in [3.05, 3.63) is 47.8 Å². The number of amides is 2. The smallest absolute Gasteiger partial charge is 0.422 e. The standard InChI is InChI=1S/C19H21F3N4O3/c1-11(2)17(27)26-15-6-4-5-14(25-15)18(28)24-12(3)13-7-8-16(23-9-13)29-10-19(20,21)22/h4-9,11-12H,10H2,1-3H3,(H,24,28)(H,25,26,27). The van der Waals surface area contributed by atoms with Crippen molar-refractivity contribution in [3.8, 4) is 5.88 Å². The summed E-state index contributed by atoms with van der Waals surface area (Å²) in [4.78, 5) is 32.1. The minimum atomic E-state index is -4.45. The number of hydrogen-bond acceptors (Lipinski definition) is 5. The van der Waals surface area contributed by atoms with Gasteiger partial charge in [0.05, 0.1) is 6.04 Å². The van der Waals surface area contributed by atoms with E-state index in [1.165, 1.54) is 24.4 Å². The third-order valence-corrected chi connectivity index (χ3v) is 3.75. The van der Waals surface area contributed by atoms with E-state index in [1.807, 2.05) is 0 Å². The van der Waals surface area contributed by atoms with Gasteiger partial charge in [0.15, 0.2) is 6.61 Å². The summed E-state index contributed by atoms with van der Waals surface area (Å²) in [6.45, 7) is 3.73. The summed E-state index contributed by atoms with van der Waals surface area (Å²) in [6, 6.07) is 6.99. The van der Waals surface area contributed by atoms with E-state index >= 15 is 0 Å². The third-order valence-electron chi connectivity index (χ3n) is 3.75. The van der Waals surface area contributed by atoms with Crippen LogP contribution in [0.1, 0.15) is 42.9 Å². The predicted octanol–water partition coefficient (Wildman–Crippen LogP) is 3.50. The second-order valence-corrected chi connectivity index (χ2v) is 6.58. The van der Waals surface area contributed by atoms with E-state index < -0.39 is 24.7 Å². The number of ether oxygens (including phenoxy) is 1. The number of rotatable bonds is 7. The molecule has 0 aromatic carbocycles. The fourth-order valence-corrected chi connectivity index (χ4v) is 2.14. The van der Waals surface area contributed by atoms with Gasteiger partial charge < -0.3 is 15.4 Å². The summed E-state index contributed by atoms with van der Waals surface area (Å²) >= 11 is 0. The molecule has 0 bridgehead atoms. The molecule has 0 saturated heterocycles. The van der Waals surface area contributed by atoms with Crippen LogP contribution in [0.2, 0.25) is 0 Å². The van der Waals surface area contributed by atoms with Gasteiger partial charge in [0, 0.05) is 18.2 Å². The Morgan fingerprint density at radius 3 is 2.45 bits per heavy atom. The van der Waals surface area contributed by atoms with Gasteiger partial charge in [0.25, 0.3) is 5.91 Å². The third kappa shape index (κ3) is 7.05. The number of halogens is 3. The molecule has 0 fully saturated rings. The molecule has 7 nitrogen and oxygen atoms in total. The zero-order chi connectivity index (χ0) is 21.6. The highest BCUT2D eigenvalue weighted by Crippen LogP contribution is 2.19. The van der Waals surface area contributed by atoms with Crippen LogP contribution in [0, 0.1) is 5.92 Å². The molecule has 0 saturated carbocycles. The zero-order valence-electron chi connectivity index (χ0n) is 16.1.